The maximum atomic E-state index is 13.1. The second-order valence-electron chi connectivity index (χ2n) is 7.28. The summed E-state index contributed by atoms with van der Waals surface area (Å²) in [5, 5.41) is 10.6. The summed E-state index contributed by atoms with van der Waals surface area (Å²) in [6.45, 7) is -7.12. The zero-order chi connectivity index (χ0) is 31.6. The number of rotatable bonds is 10. The Morgan fingerprint density at radius 2 is 1.81 bits per heavy atom. The first-order chi connectivity index (χ1) is 19.4. The van der Waals surface area contributed by atoms with E-state index in [0.717, 1.165) is 0 Å². The molecule has 6 nitrogen and oxygen atoms in total. The minimum atomic E-state index is -2.97. The molecule has 6 heteroatoms. The first-order valence-corrected chi connectivity index (χ1v) is 9.97. The van der Waals surface area contributed by atoms with Crippen molar-refractivity contribution >= 4 is 5.78 Å². The maximum Gasteiger partial charge on any atom is 0.161 e. The van der Waals surface area contributed by atoms with Gasteiger partial charge in [0, 0.05) is 47.4 Å². The topological polar surface area (TPSA) is 62.2 Å². The Hall–Kier alpha value is -2.41. The standard InChI is InChI=1S/C25H34N2O4/c1-19-7-6-8-20(2)23(19)15-21(28)16-26-11-13-27(14-12-26)17-22(29)18-31-25-10-5-4-9-24(25)30-3/h4-10,22,29H,11-18H2,1-3H3/i1D3,2D3,6D,7D,8D,18D2. The summed E-state index contributed by atoms with van der Waals surface area (Å²) < 4.78 is 98.0. The number of benzene rings is 2. The summed E-state index contributed by atoms with van der Waals surface area (Å²) in [6, 6.07) is 4.07. The summed E-state index contributed by atoms with van der Waals surface area (Å²) >= 11 is 0. The Morgan fingerprint density at radius 1 is 1.16 bits per heavy atom. The van der Waals surface area contributed by atoms with Crippen LogP contribution in [0.5, 0.6) is 11.5 Å². The van der Waals surface area contributed by atoms with Crippen molar-refractivity contribution in [1.29, 1.82) is 0 Å². The smallest absolute Gasteiger partial charge is 0.161 e. The second kappa shape index (κ2) is 11.3. The van der Waals surface area contributed by atoms with Gasteiger partial charge in [-0.15, -0.1) is 0 Å². The average Bonchev–Trinajstić information content (AvgIpc) is 2.87. The lowest BCUT2D eigenvalue weighted by Crippen LogP contribution is -2.50. The van der Waals surface area contributed by atoms with Crippen molar-refractivity contribution in [2.75, 3.05) is 52.9 Å². The fraction of sp³-hybridized carbons (Fsp3) is 0.480. The van der Waals surface area contributed by atoms with Gasteiger partial charge in [0.15, 0.2) is 17.3 Å². The Balaban J connectivity index is 1.65. The molecule has 1 heterocycles. The summed E-state index contributed by atoms with van der Waals surface area (Å²) in [5.41, 5.74) is -1.83. The van der Waals surface area contributed by atoms with Crippen molar-refractivity contribution in [2.24, 2.45) is 0 Å². The highest BCUT2D eigenvalue weighted by Crippen LogP contribution is 2.25. The fourth-order valence-electron chi connectivity index (χ4n) is 3.36. The summed E-state index contributed by atoms with van der Waals surface area (Å²) in [7, 11) is 1.42. The molecule has 0 radical (unpaired) electrons. The van der Waals surface area contributed by atoms with E-state index in [4.69, 9.17) is 24.6 Å². The lowest BCUT2D eigenvalue weighted by molar-refractivity contribution is -0.120. The third-order valence-corrected chi connectivity index (χ3v) is 5.02. The van der Waals surface area contributed by atoms with Crippen LogP contribution in [-0.2, 0) is 11.2 Å². The number of ether oxygens (including phenoxy) is 2. The van der Waals surface area contributed by atoms with Crippen LogP contribution < -0.4 is 9.47 Å². The Morgan fingerprint density at radius 3 is 2.45 bits per heavy atom. The van der Waals surface area contributed by atoms with Crippen LogP contribution in [0.1, 0.15) is 31.8 Å². The van der Waals surface area contributed by atoms with Crippen LogP contribution in [0.2, 0.25) is 0 Å². The molecule has 0 saturated carbocycles. The molecule has 0 aromatic heterocycles. The first-order valence-electron chi connectivity index (χ1n) is 15.5. The Labute approximate surface area is 200 Å². The minimum Gasteiger partial charge on any atom is -0.493 e. The van der Waals surface area contributed by atoms with Gasteiger partial charge in [-0.1, -0.05) is 30.3 Å². The molecule has 31 heavy (non-hydrogen) atoms. The van der Waals surface area contributed by atoms with Crippen LogP contribution in [0.25, 0.3) is 0 Å². The lowest BCUT2D eigenvalue weighted by atomic mass is 9.98. The maximum absolute atomic E-state index is 13.1. The van der Waals surface area contributed by atoms with Gasteiger partial charge in [-0.25, -0.2) is 0 Å². The summed E-state index contributed by atoms with van der Waals surface area (Å²) in [6.07, 6.45) is -2.14. The molecule has 1 atom stereocenters. The number of piperazine rings is 1. The van der Waals surface area contributed by atoms with Crippen molar-refractivity contribution in [3.63, 3.8) is 0 Å². The fourth-order valence-corrected chi connectivity index (χ4v) is 3.36. The van der Waals surface area contributed by atoms with Gasteiger partial charge in [-0.3, -0.25) is 14.6 Å². The molecule has 0 bridgehead atoms. The second-order valence-corrected chi connectivity index (χ2v) is 7.28. The van der Waals surface area contributed by atoms with E-state index >= 15 is 0 Å². The van der Waals surface area contributed by atoms with Crippen LogP contribution in [0.3, 0.4) is 0 Å². The highest BCUT2D eigenvalue weighted by molar-refractivity contribution is 5.83. The molecule has 1 saturated heterocycles. The number of ketones is 1. The predicted molar refractivity (Wildman–Crippen MR) is 122 cm³/mol. The zero-order valence-electron chi connectivity index (χ0n) is 28.4. The number of nitrogens with zero attached hydrogens (tertiary/aromatic N) is 2. The Bertz CT molecular complexity index is 1240. The lowest BCUT2D eigenvalue weighted by Gasteiger charge is -2.35. The van der Waals surface area contributed by atoms with Gasteiger partial charge < -0.3 is 14.6 Å². The number of methoxy groups -OCH3 is 1. The molecule has 2 aromatic rings. The van der Waals surface area contributed by atoms with Crippen LogP contribution in [0.15, 0.2) is 42.4 Å². The molecule has 1 fully saturated rings. The zero-order valence-corrected chi connectivity index (χ0v) is 17.4. The van der Waals surface area contributed by atoms with Crippen molar-refractivity contribution in [3.8, 4) is 11.5 Å². The van der Waals surface area contributed by atoms with Gasteiger partial charge in [-0.05, 0) is 42.5 Å². The highest BCUT2D eigenvalue weighted by atomic mass is 16.5. The van der Waals surface area contributed by atoms with E-state index in [9.17, 15) is 9.90 Å². The first kappa shape index (κ1) is 12.6. The molecule has 1 N–H and O–H groups in total. The monoisotopic (exact) mass is 437 g/mol. The van der Waals surface area contributed by atoms with E-state index in [-0.39, 0.29) is 18.8 Å². The van der Waals surface area contributed by atoms with Crippen molar-refractivity contribution in [3.05, 3.63) is 59.1 Å². The van der Waals surface area contributed by atoms with Crippen LogP contribution >= 0.6 is 0 Å². The summed E-state index contributed by atoms with van der Waals surface area (Å²) in [5.74, 6) is -0.0574. The van der Waals surface area contributed by atoms with Crippen molar-refractivity contribution in [2.45, 2.75) is 26.2 Å². The molecule has 1 aliphatic rings. The summed E-state index contributed by atoms with van der Waals surface area (Å²) in [4.78, 5) is 16.6. The minimum absolute atomic E-state index is 0.0498. The SMILES string of the molecule is [2H]c1c([2H])c(C([2H])([2H])[2H])c(CC(=O)CN2CCN(CC(O)C([2H])([2H])Oc3ccccc3OC)CC2)c(C([2H])([2H])[2H])c1[2H]. The Kier molecular flexibility index (Phi) is 4.58. The van der Waals surface area contributed by atoms with Crippen LogP contribution in [-0.4, -0.2) is 79.7 Å². The van der Waals surface area contributed by atoms with E-state index in [1.165, 1.54) is 13.2 Å². The van der Waals surface area contributed by atoms with Gasteiger partial charge in [0.2, 0.25) is 0 Å². The number of carbonyl (C=O) groups is 1. The van der Waals surface area contributed by atoms with E-state index in [0.29, 0.717) is 31.9 Å². The number of aliphatic hydroxyl groups is 1. The quantitative estimate of drug-likeness (QED) is 0.616. The molecule has 0 amide bonds. The van der Waals surface area contributed by atoms with E-state index in [1.807, 2.05) is 0 Å². The van der Waals surface area contributed by atoms with E-state index in [2.05, 4.69) is 0 Å². The van der Waals surface area contributed by atoms with Gasteiger partial charge >= 0.3 is 0 Å². The normalized spacial score (nSPS) is 22.6. The largest absolute Gasteiger partial charge is 0.493 e. The molecular formula is C25H34N2O4. The number of Topliss-reactive ketones (excluding diaryl/α,β-unsaturated/α-hetero) is 1. The van der Waals surface area contributed by atoms with Crippen molar-refractivity contribution < 1.29 is 34.5 Å². The van der Waals surface area contributed by atoms with Crippen LogP contribution in [0.4, 0.5) is 0 Å². The van der Waals surface area contributed by atoms with E-state index in [1.54, 1.807) is 28.0 Å². The van der Waals surface area contributed by atoms with E-state index < -0.39 is 73.4 Å². The highest BCUT2D eigenvalue weighted by Gasteiger charge is 2.21. The molecule has 2 aromatic carbocycles. The molecule has 3 rings (SSSR count). The third-order valence-electron chi connectivity index (χ3n) is 5.02. The van der Waals surface area contributed by atoms with Gasteiger partial charge in [-0.2, -0.15) is 0 Å². The van der Waals surface area contributed by atoms with Crippen molar-refractivity contribution in [1.82, 2.24) is 9.80 Å². The van der Waals surface area contributed by atoms with Crippen LogP contribution in [0, 0.1) is 13.7 Å². The number of aliphatic hydroxyl groups excluding tert-OH is 1. The van der Waals surface area contributed by atoms with Gasteiger partial charge in [0.25, 0.3) is 0 Å². The molecule has 1 aliphatic heterocycles. The average molecular weight is 438 g/mol. The number of hydrogen-bond donors (Lipinski definition) is 1. The molecule has 0 aliphatic carbocycles. The number of hydrogen-bond acceptors (Lipinski definition) is 6. The van der Waals surface area contributed by atoms with Gasteiger partial charge in [0.05, 0.1) is 20.5 Å². The number of para-hydroxylation sites is 2. The molecule has 168 valence electrons. The molecule has 1 unspecified atom stereocenters. The molecular weight excluding hydrogens is 392 g/mol. The molecule has 0 spiro atoms. The predicted octanol–water partition coefficient (Wildman–Crippen LogP) is 2.48. The third kappa shape index (κ3) is 6.79. The van der Waals surface area contributed by atoms with Gasteiger partial charge in [0.1, 0.15) is 12.7 Å². The number of carbonyl (C=O) groups excluding carboxylic acids is 1. The number of β-amino-alcohol motifs (C(OH)–C–C–N with tert-alkyl or cyclic N) is 1.